The van der Waals surface area contributed by atoms with Crippen molar-refractivity contribution in [3.63, 3.8) is 0 Å². The Morgan fingerprint density at radius 2 is 2.03 bits per heavy atom. The van der Waals surface area contributed by atoms with E-state index in [1.807, 2.05) is 31.2 Å². The van der Waals surface area contributed by atoms with E-state index in [0.29, 0.717) is 26.6 Å². The first kappa shape index (κ1) is 20.7. The SMILES string of the molecule is Cc1ccc(NC(=O)CCc2nnc3s/c(=C/c4cccc(N([O-])O)c4)c(=O)n23)cc1. The van der Waals surface area contributed by atoms with Crippen LogP contribution < -0.4 is 20.6 Å². The molecule has 10 heteroatoms. The summed E-state index contributed by atoms with van der Waals surface area (Å²) >= 11 is 1.16. The maximum Gasteiger partial charge on any atom is 0.275 e. The molecule has 0 radical (unpaired) electrons. The summed E-state index contributed by atoms with van der Waals surface area (Å²) in [5.41, 5.74) is 2.16. The van der Waals surface area contributed by atoms with Crippen LogP contribution in [0, 0.1) is 12.1 Å². The lowest BCUT2D eigenvalue weighted by Crippen LogP contribution is -2.25. The van der Waals surface area contributed by atoms with Crippen LogP contribution in [0.5, 0.6) is 0 Å². The molecule has 0 fully saturated rings. The molecule has 2 N–H and O–H groups in total. The van der Waals surface area contributed by atoms with Gasteiger partial charge in [0.05, 0.1) is 10.2 Å². The van der Waals surface area contributed by atoms with Gasteiger partial charge in [-0.3, -0.25) is 14.8 Å². The molecule has 4 rings (SSSR count). The minimum atomic E-state index is -0.299. The van der Waals surface area contributed by atoms with Crippen LogP contribution in [0.3, 0.4) is 0 Å². The molecule has 0 unspecified atom stereocenters. The molecular formula is C21H18N5O4S-. The minimum absolute atomic E-state index is 0.0597. The second-order valence-corrected chi connectivity index (χ2v) is 7.94. The minimum Gasteiger partial charge on any atom is -0.733 e. The number of nitrogens with zero attached hydrogens (tertiary/aromatic N) is 4. The average Bonchev–Trinajstić information content (AvgIpc) is 3.28. The zero-order valence-corrected chi connectivity index (χ0v) is 17.3. The van der Waals surface area contributed by atoms with Crippen molar-refractivity contribution in [2.45, 2.75) is 19.8 Å². The van der Waals surface area contributed by atoms with Crippen LogP contribution in [-0.2, 0) is 11.2 Å². The second-order valence-electron chi connectivity index (χ2n) is 6.93. The summed E-state index contributed by atoms with van der Waals surface area (Å²) in [6, 6.07) is 13.7. The van der Waals surface area contributed by atoms with Gasteiger partial charge >= 0.3 is 0 Å². The number of amides is 1. The molecule has 2 aromatic carbocycles. The molecule has 0 bridgehead atoms. The zero-order valence-electron chi connectivity index (χ0n) is 16.5. The molecule has 0 spiro atoms. The Kier molecular flexibility index (Phi) is 5.76. The van der Waals surface area contributed by atoms with Crippen molar-refractivity contribution >= 4 is 39.7 Å². The number of aryl methyl sites for hydroxylation is 2. The Hall–Kier alpha value is -3.60. The van der Waals surface area contributed by atoms with Gasteiger partial charge < -0.3 is 15.8 Å². The summed E-state index contributed by atoms with van der Waals surface area (Å²) in [7, 11) is 0. The van der Waals surface area contributed by atoms with E-state index in [9.17, 15) is 14.8 Å². The van der Waals surface area contributed by atoms with Crippen molar-refractivity contribution < 1.29 is 10.0 Å². The summed E-state index contributed by atoms with van der Waals surface area (Å²) in [6.07, 6.45) is 2.03. The Morgan fingerprint density at radius 3 is 2.77 bits per heavy atom. The van der Waals surface area contributed by atoms with Gasteiger partial charge in [0.15, 0.2) is 0 Å². The third-order valence-corrected chi connectivity index (χ3v) is 5.57. The molecule has 2 aromatic heterocycles. The number of nitrogens with one attached hydrogen (secondary N) is 1. The quantitative estimate of drug-likeness (QED) is 0.445. The summed E-state index contributed by atoms with van der Waals surface area (Å²) < 4.78 is 1.80. The van der Waals surface area contributed by atoms with Crippen LogP contribution in [0.2, 0.25) is 0 Å². The number of carbonyl (C=O) groups is 1. The van der Waals surface area contributed by atoms with Crippen molar-refractivity contribution in [1.29, 1.82) is 0 Å². The molecule has 0 saturated carbocycles. The maximum absolute atomic E-state index is 12.8. The van der Waals surface area contributed by atoms with Gasteiger partial charge in [-0.15, -0.1) is 10.2 Å². The van der Waals surface area contributed by atoms with Crippen LogP contribution in [-0.4, -0.2) is 25.7 Å². The van der Waals surface area contributed by atoms with Gasteiger partial charge in [-0.2, -0.15) is 0 Å². The van der Waals surface area contributed by atoms with E-state index >= 15 is 0 Å². The maximum atomic E-state index is 12.8. The van der Waals surface area contributed by atoms with Gasteiger partial charge in [0.25, 0.3) is 5.56 Å². The molecule has 31 heavy (non-hydrogen) atoms. The number of fused-ring (bicyclic) bond motifs is 1. The molecule has 0 atom stereocenters. The molecule has 2 heterocycles. The standard InChI is InChI=1S/C21H18N5O4S/c1-13-5-7-15(8-6-13)22-19(27)10-9-18-23-24-21-25(18)20(28)17(31-21)12-14-3-2-4-16(11-14)26(29)30/h2-8,11-12,29H,9-10H2,1H3,(H,22,27)/q-1/b17-12+. The average molecular weight is 436 g/mol. The normalized spacial score (nSPS) is 11.8. The number of hydrogen-bond donors (Lipinski definition) is 2. The smallest absolute Gasteiger partial charge is 0.275 e. The van der Waals surface area contributed by atoms with Crippen molar-refractivity contribution in [2.24, 2.45) is 0 Å². The number of hydrogen-bond acceptors (Lipinski definition) is 8. The molecule has 0 aliphatic rings. The van der Waals surface area contributed by atoms with Gasteiger partial charge in [-0.25, -0.2) is 4.40 Å². The number of carbonyl (C=O) groups excluding carboxylic acids is 1. The highest BCUT2D eigenvalue weighted by Crippen LogP contribution is 2.15. The van der Waals surface area contributed by atoms with E-state index in [1.54, 1.807) is 18.2 Å². The van der Waals surface area contributed by atoms with Crippen LogP contribution in [0.1, 0.15) is 23.4 Å². The van der Waals surface area contributed by atoms with Crippen molar-refractivity contribution in [3.8, 4) is 0 Å². The lowest BCUT2D eigenvalue weighted by Gasteiger charge is -2.21. The van der Waals surface area contributed by atoms with E-state index in [0.717, 1.165) is 16.9 Å². The Labute approximate surface area is 180 Å². The van der Waals surface area contributed by atoms with Crippen LogP contribution in [0.4, 0.5) is 11.4 Å². The van der Waals surface area contributed by atoms with Gasteiger partial charge in [-0.05, 0) is 42.8 Å². The molecule has 1 amide bonds. The molecule has 0 saturated heterocycles. The van der Waals surface area contributed by atoms with Gasteiger partial charge in [0, 0.05) is 18.5 Å². The summed E-state index contributed by atoms with van der Waals surface area (Å²) in [6.45, 7) is 1.97. The third kappa shape index (κ3) is 4.61. The number of aromatic nitrogens is 3. The molecule has 9 nitrogen and oxygen atoms in total. The van der Waals surface area contributed by atoms with Gasteiger partial charge in [0.2, 0.25) is 10.9 Å². The summed E-state index contributed by atoms with van der Waals surface area (Å²) in [4.78, 5) is 25.5. The number of anilines is 2. The molecule has 0 aliphatic carbocycles. The van der Waals surface area contributed by atoms with E-state index in [1.165, 1.54) is 16.5 Å². The number of benzene rings is 2. The number of rotatable bonds is 6. The first-order chi connectivity index (χ1) is 14.9. The van der Waals surface area contributed by atoms with E-state index in [4.69, 9.17) is 5.21 Å². The Morgan fingerprint density at radius 1 is 1.26 bits per heavy atom. The first-order valence-electron chi connectivity index (χ1n) is 9.42. The highest BCUT2D eigenvalue weighted by Gasteiger charge is 2.14. The molecule has 0 aliphatic heterocycles. The fourth-order valence-corrected chi connectivity index (χ4v) is 3.98. The molecular weight excluding hydrogens is 418 g/mol. The largest absolute Gasteiger partial charge is 0.733 e. The van der Waals surface area contributed by atoms with Crippen LogP contribution >= 0.6 is 11.3 Å². The van der Waals surface area contributed by atoms with E-state index in [-0.39, 0.29) is 35.2 Å². The lowest BCUT2D eigenvalue weighted by atomic mass is 10.2. The lowest BCUT2D eigenvalue weighted by molar-refractivity contribution is -0.116. The van der Waals surface area contributed by atoms with Crippen LogP contribution in [0.25, 0.3) is 11.0 Å². The predicted octanol–water partition coefficient (Wildman–Crippen LogP) is 2.27. The second kappa shape index (κ2) is 8.64. The molecule has 4 aromatic rings. The highest BCUT2D eigenvalue weighted by molar-refractivity contribution is 7.15. The summed E-state index contributed by atoms with van der Waals surface area (Å²) in [5, 5.41) is 30.8. The Balaban J connectivity index is 1.53. The fraction of sp³-hybridized carbons (Fsp3) is 0.143. The Bertz CT molecular complexity index is 1340. The van der Waals surface area contributed by atoms with E-state index in [2.05, 4.69) is 15.5 Å². The van der Waals surface area contributed by atoms with Crippen LogP contribution in [0.15, 0.2) is 53.3 Å². The van der Waals surface area contributed by atoms with Crippen molar-refractivity contribution in [3.05, 3.63) is 85.6 Å². The van der Waals surface area contributed by atoms with Gasteiger partial charge in [0.1, 0.15) is 5.82 Å². The molecule has 158 valence electrons. The van der Waals surface area contributed by atoms with Gasteiger partial charge in [-0.1, -0.05) is 41.2 Å². The van der Waals surface area contributed by atoms with E-state index < -0.39 is 0 Å². The van der Waals surface area contributed by atoms with Crippen molar-refractivity contribution in [2.75, 3.05) is 10.5 Å². The predicted molar refractivity (Wildman–Crippen MR) is 118 cm³/mol. The third-order valence-electron chi connectivity index (χ3n) is 4.62. The monoisotopic (exact) mass is 436 g/mol. The highest BCUT2D eigenvalue weighted by atomic mass is 32.1. The fourth-order valence-electron chi connectivity index (χ4n) is 3.05. The van der Waals surface area contributed by atoms with Crippen molar-refractivity contribution in [1.82, 2.24) is 14.6 Å². The topological polar surface area (TPSA) is 123 Å². The number of thiazole rings is 1. The first-order valence-corrected chi connectivity index (χ1v) is 10.2. The zero-order chi connectivity index (χ0) is 22.0. The summed E-state index contributed by atoms with van der Waals surface area (Å²) in [5.74, 6) is 0.225.